The van der Waals surface area contributed by atoms with Crippen molar-refractivity contribution in [1.29, 1.82) is 0 Å². The van der Waals surface area contributed by atoms with Crippen molar-refractivity contribution in [2.75, 3.05) is 18.0 Å². The summed E-state index contributed by atoms with van der Waals surface area (Å²) >= 11 is 1.51. The lowest BCUT2D eigenvalue weighted by atomic mass is 10.0. The fraction of sp³-hybridized carbons (Fsp3) is 0.833. The van der Waals surface area contributed by atoms with Crippen molar-refractivity contribution < 1.29 is 0 Å². The van der Waals surface area contributed by atoms with Crippen molar-refractivity contribution in [1.82, 2.24) is 14.7 Å². The zero-order valence-corrected chi connectivity index (χ0v) is 11.8. The molecule has 4 nitrogen and oxygen atoms in total. The number of rotatable bonds is 4. The third kappa shape index (κ3) is 3.39. The fourth-order valence-corrected chi connectivity index (χ4v) is 3.05. The first-order valence-electron chi connectivity index (χ1n) is 6.47. The minimum Gasteiger partial charge on any atom is -0.343 e. The van der Waals surface area contributed by atoms with Gasteiger partial charge >= 0.3 is 0 Å². The molecular formula is C12H22N4S. The van der Waals surface area contributed by atoms with Crippen molar-refractivity contribution in [3.63, 3.8) is 0 Å². The zero-order valence-electron chi connectivity index (χ0n) is 10.9. The molecule has 1 aromatic heterocycles. The fourth-order valence-electron chi connectivity index (χ4n) is 2.23. The molecule has 2 heterocycles. The topological polar surface area (TPSA) is 41.1 Å². The van der Waals surface area contributed by atoms with Gasteiger partial charge in [-0.05, 0) is 40.2 Å². The molecular weight excluding hydrogens is 232 g/mol. The summed E-state index contributed by atoms with van der Waals surface area (Å²) in [6, 6.07) is 1.08. The van der Waals surface area contributed by atoms with Crippen LogP contribution in [0.4, 0.5) is 5.13 Å². The van der Waals surface area contributed by atoms with E-state index in [2.05, 4.69) is 33.4 Å². The molecule has 0 bridgehead atoms. The molecule has 0 radical (unpaired) electrons. The molecule has 1 N–H and O–H groups in total. The van der Waals surface area contributed by atoms with Crippen LogP contribution in [0.3, 0.4) is 0 Å². The molecule has 2 rings (SSSR count). The van der Waals surface area contributed by atoms with Gasteiger partial charge in [0.15, 0.2) is 0 Å². The number of nitrogens with zero attached hydrogens (tertiary/aromatic N) is 3. The first-order chi connectivity index (χ1) is 8.16. The van der Waals surface area contributed by atoms with Crippen LogP contribution in [0, 0.1) is 6.92 Å². The maximum Gasteiger partial charge on any atom is 0.205 e. The zero-order chi connectivity index (χ0) is 12.3. The van der Waals surface area contributed by atoms with Gasteiger partial charge in [-0.25, -0.2) is 4.98 Å². The summed E-state index contributed by atoms with van der Waals surface area (Å²) in [6.07, 6.45) is 3.94. The Kier molecular flexibility index (Phi) is 4.34. The van der Waals surface area contributed by atoms with Gasteiger partial charge in [0.05, 0.1) is 0 Å². The largest absolute Gasteiger partial charge is 0.343 e. The van der Waals surface area contributed by atoms with Gasteiger partial charge in [-0.1, -0.05) is 6.42 Å². The number of hydrogen-bond acceptors (Lipinski definition) is 5. The second-order valence-corrected chi connectivity index (χ2v) is 5.75. The van der Waals surface area contributed by atoms with Crippen LogP contribution in [0.1, 0.15) is 38.9 Å². The smallest absolute Gasteiger partial charge is 0.205 e. The SMILES string of the molecule is Cc1nsc(N(CC2CCCCN2)C(C)C)n1. The van der Waals surface area contributed by atoms with Gasteiger partial charge in [0.2, 0.25) is 5.13 Å². The normalized spacial score (nSPS) is 20.8. The van der Waals surface area contributed by atoms with Crippen molar-refractivity contribution >= 4 is 16.7 Å². The third-order valence-corrected chi connectivity index (χ3v) is 4.06. The van der Waals surface area contributed by atoms with E-state index in [1.807, 2.05) is 6.92 Å². The highest BCUT2D eigenvalue weighted by molar-refractivity contribution is 7.09. The van der Waals surface area contributed by atoms with E-state index in [0.29, 0.717) is 12.1 Å². The van der Waals surface area contributed by atoms with Gasteiger partial charge in [-0.15, -0.1) is 0 Å². The van der Waals surface area contributed by atoms with Crippen LogP contribution >= 0.6 is 11.5 Å². The number of aromatic nitrogens is 2. The van der Waals surface area contributed by atoms with Gasteiger partial charge in [0.1, 0.15) is 5.82 Å². The lowest BCUT2D eigenvalue weighted by molar-refractivity contribution is 0.393. The summed E-state index contributed by atoms with van der Waals surface area (Å²) in [5.41, 5.74) is 0. The second kappa shape index (κ2) is 5.78. The van der Waals surface area contributed by atoms with E-state index in [1.165, 1.54) is 30.8 Å². The standard InChI is InChI=1S/C12H22N4S/c1-9(2)16(12-14-10(3)15-17-12)8-11-6-4-5-7-13-11/h9,11,13H,4-8H2,1-3H3. The second-order valence-electron chi connectivity index (χ2n) is 5.02. The molecule has 0 aromatic carbocycles. The summed E-state index contributed by atoms with van der Waals surface area (Å²) in [6.45, 7) is 8.61. The molecule has 0 spiro atoms. The summed E-state index contributed by atoms with van der Waals surface area (Å²) in [5, 5.41) is 4.66. The molecule has 1 saturated heterocycles. The van der Waals surface area contributed by atoms with E-state index in [4.69, 9.17) is 0 Å². The van der Waals surface area contributed by atoms with Gasteiger partial charge in [-0.3, -0.25) is 0 Å². The number of piperidine rings is 1. The van der Waals surface area contributed by atoms with Gasteiger partial charge < -0.3 is 10.2 Å². The molecule has 1 unspecified atom stereocenters. The Labute approximate surface area is 108 Å². The molecule has 1 fully saturated rings. The first kappa shape index (κ1) is 12.8. The van der Waals surface area contributed by atoms with E-state index in [1.54, 1.807) is 0 Å². The first-order valence-corrected chi connectivity index (χ1v) is 7.24. The molecule has 1 aliphatic rings. The quantitative estimate of drug-likeness (QED) is 0.894. The summed E-state index contributed by atoms with van der Waals surface area (Å²) in [4.78, 5) is 6.87. The molecule has 1 aromatic rings. The summed E-state index contributed by atoms with van der Waals surface area (Å²) in [7, 11) is 0. The van der Waals surface area contributed by atoms with Crippen molar-refractivity contribution in [2.24, 2.45) is 0 Å². The number of nitrogens with one attached hydrogen (secondary N) is 1. The molecule has 1 aliphatic heterocycles. The van der Waals surface area contributed by atoms with E-state index < -0.39 is 0 Å². The predicted octanol–water partition coefficient (Wildman–Crippen LogP) is 2.20. The Bertz CT molecular complexity index is 344. The molecule has 5 heteroatoms. The summed E-state index contributed by atoms with van der Waals surface area (Å²) < 4.78 is 4.28. The lowest BCUT2D eigenvalue weighted by Crippen LogP contribution is -2.46. The van der Waals surface area contributed by atoms with E-state index in [9.17, 15) is 0 Å². The lowest BCUT2D eigenvalue weighted by Gasteiger charge is -2.32. The van der Waals surface area contributed by atoms with E-state index in [-0.39, 0.29) is 0 Å². The van der Waals surface area contributed by atoms with Crippen molar-refractivity contribution in [2.45, 2.75) is 52.1 Å². The van der Waals surface area contributed by atoms with Crippen LogP contribution in [-0.2, 0) is 0 Å². The van der Waals surface area contributed by atoms with Crippen LogP contribution in [0.25, 0.3) is 0 Å². The van der Waals surface area contributed by atoms with Crippen LogP contribution in [0.2, 0.25) is 0 Å². The van der Waals surface area contributed by atoms with Crippen LogP contribution < -0.4 is 10.2 Å². The molecule has 96 valence electrons. The maximum absolute atomic E-state index is 4.50. The minimum absolute atomic E-state index is 0.478. The highest BCUT2D eigenvalue weighted by Gasteiger charge is 2.21. The highest BCUT2D eigenvalue weighted by atomic mass is 32.1. The van der Waals surface area contributed by atoms with Crippen molar-refractivity contribution in [3.8, 4) is 0 Å². The average molecular weight is 254 g/mol. The molecule has 0 aliphatic carbocycles. The number of anilines is 1. The number of hydrogen-bond donors (Lipinski definition) is 1. The molecule has 0 amide bonds. The van der Waals surface area contributed by atoms with Gasteiger partial charge in [0, 0.05) is 30.2 Å². The summed E-state index contributed by atoms with van der Waals surface area (Å²) in [5.74, 6) is 0.882. The van der Waals surface area contributed by atoms with Crippen molar-refractivity contribution in [3.05, 3.63) is 5.82 Å². The Morgan fingerprint density at radius 3 is 2.82 bits per heavy atom. The third-order valence-electron chi connectivity index (χ3n) is 3.22. The number of aryl methyl sites for hydroxylation is 1. The van der Waals surface area contributed by atoms with E-state index >= 15 is 0 Å². The monoisotopic (exact) mass is 254 g/mol. The predicted molar refractivity (Wildman–Crippen MR) is 72.8 cm³/mol. The molecule has 17 heavy (non-hydrogen) atoms. The maximum atomic E-state index is 4.50. The molecule has 1 atom stereocenters. The van der Waals surface area contributed by atoms with Crippen LogP contribution in [0.5, 0.6) is 0 Å². The van der Waals surface area contributed by atoms with E-state index in [0.717, 1.165) is 24.0 Å². The molecule has 0 saturated carbocycles. The van der Waals surface area contributed by atoms with Crippen LogP contribution in [0.15, 0.2) is 0 Å². The van der Waals surface area contributed by atoms with Crippen LogP contribution in [-0.4, -0.2) is 34.5 Å². The van der Waals surface area contributed by atoms with Gasteiger partial charge in [-0.2, -0.15) is 4.37 Å². The van der Waals surface area contributed by atoms with Gasteiger partial charge in [0.25, 0.3) is 0 Å². The average Bonchev–Trinajstić information content (AvgIpc) is 2.73. The Balaban J connectivity index is 2.01. The Hall–Kier alpha value is -0.680. The highest BCUT2D eigenvalue weighted by Crippen LogP contribution is 2.21. The Morgan fingerprint density at radius 2 is 2.29 bits per heavy atom. The minimum atomic E-state index is 0.478. The Morgan fingerprint density at radius 1 is 1.47 bits per heavy atom.